The predicted octanol–water partition coefficient (Wildman–Crippen LogP) is 3.27. The van der Waals surface area contributed by atoms with Gasteiger partial charge in [0.25, 0.3) is 0 Å². The summed E-state index contributed by atoms with van der Waals surface area (Å²) in [6.07, 6.45) is 0. The molecule has 1 heterocycles. The lowest BCUT2D eigenvalue weighted by atomic mass is 10.1. The summed E-state index contributed by atoms with van der Waals surface area (Å²) in [5.41, 5.74) is 6.61. The van der Waals surface area contributed by atoms with Crippen molar-refractivity contribution >= 4 is 28.8 Å². The van der Waals surface area contributed by atoms with E-state index in [1.54, 1.807) is 6.07 Å². The standard InChI is InChI=1S/C14H15ClFN3OS/c1-19(8-12-2-3-13(15)21-12)7-9-4-10(14(17)18-20)6-11(16)5-9/h2-6,20H,7-8H2,1H3,(H2,17,18). The van der Waals surface area contributed by atoms with E-state index in [9.17, 15) is 4.39 Å². The number of nitrogens with zero attached hydrogens (tertiary/aromatic N) is 2. The number of amidine groups is 1. The zero-order chi connectivity index (χ0) is 15.4. The minimum atomic E-state index is -0.415. The normalized spacial score (nSPS) is 12.1. The van der Waals surface area contributed by atoms with Crippen molar-refractivity contribution in [3.63, 3.8) is 0 Å². The summed E-state index contributed by atoms with van der Waals surface area (Å²) in [6, 6.07) is 8.20. The fourth-order valence-corrected chi connectivity index (χ4v) is 3.19. The summed E-state index contributed by atoms with van der Waals surface area (Å²) < 4.78 is 14.3. The van der Waals surface area contributed by atoms with Gasteiger partial charge < -0.3 is 10.9 Å². The fraction of sp³-hybridized carbons (Fsp3) is 0.214. The Kier molecular flexibility index (Phi) is 5.17. The lowest BCUT2D eigenvalue weighted by Crippen LogP contribution is -2.18. The highest BCUT2D eigenvalue weighted by Gasteiger charge is 2.08. The van der Waals surface area contributed by atoms with Crippen molar-refractivity contribution in [2.45, 2.75) is 13.1 Å². The first-order chi connectivity index (χ1) is 9.97. The van der Waals surface area contributed by atoms with E-state index in [1.807, 2.05) is 24.1 Å². The minimum absolute atomic E-state index is 0.108. The van der Waals surface area contributed by atoms with Crippen LogP contribution in [0.3, 0.4) is 0 Å². The smallest absolute Gasteiger partial charge is 0.170 e. The van der Waals surface area contributed by atoms with Crippen LogP contribution in [0.4, 0.5) is 4.39 Å². The van der Waals surface area contributed by atoms with E-state index >= 15 is 0 Å². The lowest BCUT2D eigenvalue weighted by Gasteiger charge is -2.16. The number of halogens is 2. The van der Waals surface area contributed by atoms with Crippen LogP contribution in [0.1, 0.15) is 16.0 Å². The van der Waals surface area contributed by atoms with Gasteiger partial charge in [-0.2, -0.15) is 0 Å². The summed E-state index contributed by atoms with van der Waals surface area (Å²) in [7, 11) is 1.93. The van der Waals surface area contributed by atoms with Crippen LogP contribution in [-0.4, -0.2) is 23.0 Å². The monoisotopic (exact) mass is 327 g/mol. The molecule has 112 valence electrons. The molecule has 2 rings (SSSR count). The number of hydrogen-bond acceptors (Lipinski definition) is 4. The van der Waals surface area contributed by atoms with Gasteiger partial charge in [-0.1, -0.05) is 16.8 Å². The first-order valence-electron chi connectivity index (χ1n) is 6.18. The third kappa shape index (κ3) is 4.42. The molecule has 0 spiro atoms. The maximum absolute atomic E-state index is 13.6. The molecule has 0 atom stereocenters. The molecule has 0 aliphatic carbocycles. The summed E-state index contributed by atoms with van der Waals surface area (Å²) in [6.45, 7) is 1.26. The second-order valence-corrected chi connectivity index (χ2v) is 6.51. The summed E-state index contributed by atoms with van der Waals surface area (Å²) >= 11 is 7.42. The van der Waals surface area contributed by atoms with E-state index in [4.69, 9.17) is 22.5 Å². The highest BCUT2D eigenvalue weighted by molar-refractivity contribution is 7.16. The fourth-order valence-electron chi connectivity index (χ4n) is 2.02. The second kappa shape index (κ2) is 6.89. The van der Waals surface area contributed by atoms with E-state index in [0.717, 1.165) is 14.8 Å². The largest absolute Gasteiger partial charge is 0.409 e. The third-order valence-corrected chi connectivity index (χ3v) is 4.08. The molecule has 2 aromatic rings. The van der Waals surface area contributed by atoms with Crippen molar-refractivity contribution in [1.29, 1.82) is 0 Å². The average molecular weight is 328 g/mol. The van der Waals surface area contributed by atoms with Crippen molar-refractivity contribution in [1.82, 2.24) is 4.90 Å². The van der Waals surface area contributed by atoms with Crippen LogP contribution in [0.25, 0.3) is 0 Å². The quantitative estimate of drug-likeness (QED) is 0.383. The molecule has 0 radical (unpaired) electrons. The van der Waals surface area contributed by atoms with Gasteiger partial charge >= 0.3 is 0 Å². The molecule has 0 unspecified atom stereocenters. The van der Waals surface area contributed by atoms with Crippen LogP contribution in [0.5, 0.6) is 0 Å². The Morgan fingerprint density at radius 2 is 2.14 bits per heavy atom. The first-order valence-corrected chi connectivity index (χ1v) is 7.37. The number of rotatable bonds is 5. The number of thiophene rings is 1. The zero-order valence-electron chi connectivity index (χ0n) is 11.4. The number of benzene rings is 1. The van der Waals surface area contributed by atoms with Crippen molar-refractivity contribution in [3.8, 4) is 0 Å². The average Bonchev–Trinajstić information content (AvgIpc) is 2.82. The molecule has 0 aliphatic heterocycles. The van der Waals surface area contributed by atoms with Gasteiger partial charge in [-0.15, -0.1) is 11.3 Å². The van der Waals surface area contributed by atoms with Crippen LogP contribution in [0.15, 0.2) is 35.5 Å². The van der Waals surface area contributed by atoms with Crippen molar-refractivity contribution < 1.29 is 9.60 Å². The molecule has 0 bridgehead atoms. The van der Waals surface area contributed by atoms with Crippen LogP contribution in [0.2, 0.25) is 4.34 Å². The molecule has 0 amide bonds. The Bertz CT molecular complexity index is 659. The Hall–Kier alpha value is -1.63. The van der Waals surface area contributed by atoms with Crippen molar-refractivity contribution in [2.75, 3.05) is 7.05 Å². The molecule has 3 N–H and O–H groups in total. The second-order valence-electron chi connectivity index (χ2n) is 4.71. The molecule has 1 aromatic heterocycles. The number of oxime groups is 1. The Morgan fingerprint density at radius 1 is 1.38 bits per heavy atom. The molecule has 0 fully saturated rings. The van der Waals surface area contributed by atoms with Crippen LogP contribution < -0.4 is 5.73 Å². The van der Waals surface area contributed by atoms with Gasteiger partial charge in [0.05, 0.1) is 4.34 Å². The molecule has 0 aliphatic rings. The van der Waals surface area contributed by atoms with Gasteiger partial charge in [-0.3, -0.25) is 4.90 Å². The minimum Gasteiger partial charge on any atom is -0.409 e. The van der Waals surface area contributed by atoms with Crippen LogP contribution in [-0.2, 0) is 13.1 Å². The predicted molar refractivity (Wildman–Crippen MR) is 83.4 cm³/mol. The Labute approximate surface area is 131 Å². The van der Waals surface area contributed by atoms with Gasteiger partial charge in [-0.25, -0.2) is 4.39 Å². The molecule has 21 heavy (non-hydrogen) atoms. The maximum Gasteiger partial charge on any atom is 0.170 e. The van der Waals surface area contributed by atoms with Gasteiger partial charge in [0, 0.05) is 23.5 Å². The van der Waals surface area contributed by atoms with E-state index < -0.39 is 5.82 Å². The van der Waals surface area contributed by atoms with E-state index in [1.165, 1.54) is 23.5 Å². The van der Waals surface area contributed by atoms with E-state index in [0.29, 0.717) is 18.7 Å². The highest BCUT2D eigenvalue weighted by Crippen LogP contribution is 2.23. The summed E-state index contributed by atoms with van der Waals surface area (Å²) in [5.74, 6) is -0.523. The Balaban J connectivity index is 2.09. The highest BCUT2D eigenvalue weighted by atomic mass is 35.5. The molecule has 1 aromatic carbocycles. The summed E-state index contributed by atoms with van der Waals surface area (Å²) in [5, 5.41) is 11.6. The SMILES string of the molecule is CN(Cc1cc(F)cc(/C(N)=N/O)c1)Cc1ccc(Cl)s1. The van der Waals surface area contributed by atoms with Crippen molar-refractivity contribution in [2.24, 2.45) is 10.9 Å². The van der Waals surface area contributed by atoms with Gasteiger partial charge in [0.15, 0.2) is 5.84 Å². The Morgan fingerprint density at radius 3 is 2.76 bits per heavy atom. The van der Waals surface area contributed by atoms with E-state index in [-0.39, 0.29) is 5.84 Å². The molecule has 4 nitrogen and oxygen atoms in total. The van der Waals surface area contributed by atoms with E-state index in [2.05, 4.69) is 5.16 Å². The third-order valence-electron chi connectivity index (χ3n) is 2.87. The lowest BCUT2D eigenvalue weighted by molar-refractivity contribution is 0.318. The molecule has 7 heteroatoms. The number of hydrogen-bond donors (Lipinski definition) is 2. The molecular formula is C14H15ClFN3OS. The maximum atomic E-state index is 13.6. The first kappa shape index (κ1) is 15.8. The zero-order valence-corrected chi connectivity index (χ0v) is 13.0. The van der Waals surface area contributed by atoms with Gasteiger partial charge in [0.2, 0.25) is 0 Å². The molecular weight excluding hydrogens is 313 g/mol. The number of nitrogens with two attached hydrogens (primary N) is 1. The molecule has 0 saturated carbocycles. The van der Waals surface area contributed by atoms with Crippen molar-refractivity contribution in [3.05, 3.63) is 56.5 Å². The summed E-state index contributed by atoms with van der Waals surface area (Å²) in [4.78, 5) is 3.17. The van der Waals surface area contributed by atoms with Gasteiger partial charge in [0.1, 0.15) is 5.82 Å². The molecule has 0 saturated heterocycles. The van der Waals surface area contributed by atoms with Crippen LogP contribution >= 0.6 is 22.9 Å². The topological polar surface area (TPSA) is 61.8 Å². The van der Waals surface area contributed by atoms with Crippen LogP contribution in [0, 0.1) is 5.82 Å². The van der Waals surface area contributed by atoms with Gasteiger partial charge in [-0.05, 0) is 42.9 Å².